The highest BCUT2D eigenvalue weighted by Gasteiger charge is 2.37. The number of benzene rings is 1. The molecule has 1 aromatic rings. The van der Waals surface area contributed by atoms with E-state index in [2.05, 4.69) is 5.32 Å². The van der Waals surface area contributed by atoms with Gasteiger partial charge in [-0.15, -0.1) is 0 Å². The monoisotopic (exact) mass is 484 g/mol. The summed E-state index contributed by atoms with van der Waals surface area (Å²) in [6, 6.07) is 8.10. The first-order valence-electron chi connectivity index (χ1n) is 10.8. The molecule has 1 unspecified atom stereocenters. The molecule has 32 heavy (non-hydrogen) atoms. The zero-order valence-corrected chi connectivity index (χ0v) is 20.5. The summed E-state index contributed by atoms with van der Waals surface area (Å²) in [7, 11) is 1.32. The molecule has 1 N–H and O–H groups in total. The summed E-state index contributed by atoms with van der Waals surface area (Å²) < 4.78 is 4.90. The second-order valence-electron chi connectivity index (χ2n) is 7.70. The SMILES string of the molecule is COC(=O)C1CCCCN1C(=O)[C@H](CCSC)NC(=O)[C@H](Cc1ccccc1)SC(C)=O.[HH].[HH]. The lowest BCUT2D eigenvalue weighted by Gasteiger charge is -2.36. The highest BCUT2D eigenvalue weighted by atomic mass is 32.2. The largest absolute Gasteiger partial charge is 0.467 e. The Bertz CT molecular complexity index is 801. The summed E-state index contributed by atoms with van der Waals surface area (Å²) in [5, 5.41) is 2.08. The fourth-order valence-corrected chi connectivity index (χ4v) is 5.07. The molecule has 1 aliphatic heterocycles. The molecule has 1 aliphatic rings. The normalized spacial score (nSPS) is 17.8. The number of piperidine rings is 1. The second-order valence-corrected chi connectivity index (χ2v) is 10.1. The van der Waals surface area contributed by atoms with Gasteiger partial charge < -0.3 is 15.0 Å². The first kappa shape index (κ1) is 26.3. The minimum atomic E-state index is -0.758. The molecule has 0 bridgehead atoms. The highest BCUT2D eigenvalue weighted by molar-refractivity contribution is 8.14. The Morgan fingerprint density at radius 2 is 1.94 bits per heavy atom. The van der Waals surface area contributed by atoms with Crippen molar-refractivity contribution in [2.75, 3.05) is 25.7 Å². The molecule has 1 fully saturated rings. The van der Waals surface area contributed by atoms with Crippen molar-refractivity contribution < 1.29 is 26.8 Å². The fourth-order valence-electron chi connectivity index (χ4n) is 3.75. The number of carbonyl (C=O) groups excluding carboxylic acids is 4. The molecule has 0 spiro atoms. The minimum absolute atomic E-state index is 0. The lowest BCUT2D eigenvalue weighted by molar-refractivity contribution is -0.155. The Morgan fingerprint density at radius 1 is 1.22 bits per heavy atom. The molecule has 0 radical (unpaired) electrons. The number of amides is 2. The molecule has 2 amide bonds. The molecular weight excluding hydrogens is 448 g/mol. The van der Waals surface area contributed by atoms with Crippen LogP contribution in [-0.2, 0) is 30.3 Å². The van der Waals surface area contributed by atoms with E-state index in [1.165, 1.54) is 14.0 Å². The molecule has 180 valence electrons. The van der Waals surface area contributed by atoms with Crippen molar-refractivity contribution in [2.45, 2.75) is 56.4 Å². The Kier molecular flexibility index (Phi) is 11.1. The van der Waals surface area contributed by atoms with Gasteiger partial charge in [-0.2, -0.15) is 11.8 Å². The average molecular weight is 485 g/mol. The fraction of sp³-hybridized carbons (Fsp3) is 0.565. The van der Waals surface area contributed by atoms with Crippen LogP contribution in [0.4, 0.5) is 0 Å². The number of ether oxygens (including phenoxy) is 1. The molecule has 0 aromatic heterocycles. The topological polar surface area (TPSA) is 92.8 Å². The Hall–Kier alpha value is -2.00. The van der Waals surface area contributed by atoms with Crippen LogP contribution in [0.2, 0.25) is 0 Å². The van der Waals surface area contributed by atoms with Crippen LogP contribution < -0.4 is 5.32 Å². The van der Waals surface area contributed by atoms with Crippen LogP contribution in [-0.4, -0.2) is 70.8 Å². The zero-order chi connectivity index (χ0) is 23.5. The van der Waals surface area contributed by atoms with E-state index in [0.29, 0.717) is 31.6 Å². The van der Waals surface area contributed by atoms with Crippen LogP contribution in [0.1, 0.15) is 41.0 Å². The molecule has 1 saturated heterocycles. The first-order valence-corrected chi connectivity index (χ1v) is 13.0. The Morgan fingerprint density at radius 3 is 2.56 bits per heavy atom. The van der Waals surface area contributed by atoms with Crippen LogP contribution in [0.25, 0.3) is 0 Å². The third-order valence-corrected chi connectivity index (χ3v) is 6.99. The predicted molar refractivity (Wildman–Crippen MR) is 133 cm³/mol. The summed E-state index contributed by atoms with van der Waals surface area (Å²) in [5.41, 5.74) is 0.940. The number of nitrogens with one attached hydrogen (secondary N) is 1. The van der Waals surface area contributed by atoms with Crippen molar-refractivity contribution in [3.8, 4) is 0 Å². The van der Waals surface area contributed by atoms with E-state index in [9.17, 15) is 19.2 Å². The van der Waals surface area contributed by atoms with E-state index in [1.54, 1.807) is 16.7 Å². The molecule has 0 saturated carbocycles. The molecule has 2 rings (SSSR count). The number of hydrogen-bond acceptors (Lipinski definition) is 7. The van der Waals surface area contributed by atoms with Gasteiger partial charge in [0.15, 0.2) is 5.12 Å². The van der Waals surface area contributed by atoms with Crippen molar-refractivity contribution in [1.82, 2.24) is 10.2 Å². The van der Waals surface area contributed by atoms with Crippen molar-refractivity contribution in [3.05, 3.63) is 35.9 Å². The zero-order valence-electron chi connectivity index (χ0n) is 18.9. The van der Waals surface area contributed by atoms with Crippen LogP contribution >= 0.6 is 23.5 Å². The maximum absolute atomic E-state index is 13.4. The summed E-state index contributed by atoms with van der Waals surface area (Å²) in [4.78, 5) is 52.1. The highest BCUT2D eigenvalue weighted by Crippen LogP contribution is 2.22. The summed E-state index contributed by atoms with van der Waals surface area (Å²) in [6.45, 7) is 1.89. The van der Waals surface area contributed by atoms with E-state index in [0.717, 1.165) is 30.2 Å². The van der Waals surface area contributed by atoms with Crippen LogP contribution in [0.3, 0.4) is 0 Å². The maximum atomic E-state index is 13.4. The van der Waals surface area contributed by atoms with Gasteiger partial charge in [0, 0.05) is 16.3 Å². The van der Waals surface area contributed by atoms with Crippen molar-refractivity contribution in [2.24, 2.45) is 0 Å². The number of esters is 1. The number of nitrogens with zero attached hydrogens (tertiary/aromatic N) is 1. The van der Waals surface area contributed by atoms with Gasteiger partial charge >= 0.3 is 5.97 Å². The quantitative estimate of drug-likeness (QED) is 0.510. The molecule has 3 atom stereocenters. The number of thioether (sulfide) groups is 2. The molecular formula is C23H36N2O5S2. The Labute approximate surface area is 201 Å². The van der Waals surface area contributed by atoms with E-state index in [1.807, 2.05) is 36.6 Å². The van der Waals surface area contributed by atoms with Crippen LogP contribution in [0.15, 0.2) is 30.3 Å². The molecule has 1 aromatic carbocycles. The van der Waals surface area contributed by atoms with Gasteiger partial charge in [-0.3, -0.25) is 14.4 Å². The maximum Gasteiger partial charge on any atom is 0.328 e. The third kappa shape index (κ3) is 7.85. The molecule has 1 heterocycles. The number of methoxy groups -OCH3 is 1. The van der Waals surface area contributed by atoms with E-state index in [-0.39, 0.29) is 19.8 Å². The lowest BCUT2D eigenvalue weighted by Crippen LogP contribution is -2.56. The molecule has 9 heteroatoms. The second kappa shape index (κ2) is 13.5. The van der Waals surface area contributed by atoms with E-state index >= 15 is 0 Å². The van der Waals surface area contributed by atoms with Crippen LogP contribution in [0.5, 0.6) is 0 Å². The van der Waals surface area contributed by atoms with Gasteiger partial charge in [-0.05, 0) is 49.7 Å². The summed E-state index contributed by atoms with van der Waals surface area (Å²) >= 11 is 2.55. The number of rotatable bonds is 10. The Balaban J connectivity index is 0.00000544. The van der Waals surface area contributed by atoms with Gasteiger partial charge in [0.1, 0.15) is 12.1 Å². The third-order valence-electron chi connectivity index (χ3n) is 5.35. The van der Waals surface area contributed by atoms with E-state index < -0.39 is 23.3 Å². The lowest BCUT2D eigenvalue weighted by atomic mass is 10.00. The molecule has 0 aliphatic carbocycles. The number of carbonyl (C=O) groups is 4. The average Bonchev–Trinajstić information content (AvgIpc) is 2.80. The molecule has 7 nitrogen and oxygen atoms in total. The van der Waals surface area contributed by atoms with Crippen molar-refractivity contribution in [3.63, 3.8) is 0 Å². The summed E-state index contributed by atoms with van der Waals surface area (Å²) in [5.74, 6) is -0.368. The minimum Gasteiger partial charge on any atom is -0.467 e. The number of likely N-dealkylation sites (tertiary alicyclic amines) is 1. The van der Waals surface area contributed by atoms with Gasteiger partial charge in [0.05, 0.1) is 12.4 Å². The van der Waals surface area contributed by atoms with E-state index in [4.69, 9.17) is 4.74 Å². The first-order chi connectivity index (χ1) is 15.4. The predicted octanol–water partition coefficient (Wildman–Crippen LogP) is 3.16. The number of hydrogen-bond donors (Lipinski definition) is 1. The van der Waals surface area contributed by atoms with Crippen molar-refractivity contribution >= 4 is 46.4 Å². The van der Waals surface area contributed by atoms with Gasteiger partial charge in [0.2, 0.25) is 11.8 Å². The van der Waals surface area contributed by atoms with Crippen LogP contribution in [0, 0.1) is 0 Å². The standard InChI is InChI=1S/C23H32N2O5S2.2H2/c1-16(26)32-20(15-17-9-5-4-6-10-17)21(27)24-18(12-14-31-3)22(28)25-13-8-7-11-19(25)23(29)30-2;;/h4-6,9-10,18-20H,7-8,11-15H2,1-3H3,(H,24,27);2*1H/t18-,19?,20-;;/m0../s1. The van der Waals surface area contributed by atoms with Crippen molar-refractivity contribution in [1.29, 1.82) is 0 Å². The smallest absolute Gasteiger partial charge is 0.328 e. The van der Waals surface area contributed by atoms with Gasteiger partial charge in [0.25, 0.3) is 0 Å². The summed E-state index contributed by atoms with van der Waals surface area (Å²) in [6.07, 6.45) is 4.97. The van der Waals surface area contributed by atoms with Gasteiger partial charge in [-0.1, -0.05) is 42.1 Å². The van der Waals surface area contributed by atoms with Gasteiger partial charge in [-0.25, -0.2) is 4.79 Å².